The lowest BCUT2D eigenvalue weighted by Crippen LogP contribution is -2.41. The number of pyridine rings is 3. The molecule has 7 rings (SSSR count). The number of fused-ring (bicyclic) bond motifs is 3. The van der Waals surface area contributed by atoms with E-state index < -0.39 is 0 Å². The molecule has 2 aromatic carbocycles. The number of aromatic nitrogens is 4. The number of hydrogen-bond acceptors (Lipinski definition) is 7. The normalized spacial score (nSPS) is 15.9. The third-order valence-corrected chi connectivity index (χ3v) is 8.75. The highest BCUT2D eigenvalue weighted by atomic mass is 16.5. The Labute approximate surface area is 275 Å². The molecule has 6 aromatic rings. The minimum atomic E-state index is 0.0638. The average Bonchev–Trinajstić information content (AvgIpc) is 3.38. The number of hydrogen-bond donors (Lipinski definition) is 0. The van der Waals surface area contributed by atoms with E-state index in [4.69, 9.17) is 18.9 Å². The van der Waals surface area contributed by atoms with Crippen LogP contribution in [0.25, 0.3) is 32.9 Å². The number of ether oxygens (including phenoxy) is 4. The van der Waals surface area contributed by atoms with Crippen molar-refractivity contribution in [3.05, 3.63) is 109 Å². The molecule has 1 fully saturated rings. The van der Waals surface area contributed by atoms with Crippen LogP contribution in [0, 0.1) is 0 Å². The third kappa shape index (κ3) is 7.55. The van der Waals surface area contributed by atoms with E-state index in [1.165, 1.54) is 22.0 Å². The smallest absolute Gasteiger partial charge is 0.216 e. The minimum absolute atomic E-state index is 0.0638. The molecule has 0 saturated heterocycles. The molecule has 0 aliphatic heterocycles. The molecule has 4 aromatic heterocycles. The maximum absolute atomic E-state index is 6.13. The monoisotopic (exact) mass is 628 g/mol. The molecule has 0 bridgehead atoms. The van der Waals surface area contributed by atoms with Crippen LogP contribution in [0.1, 0.15) is 44.1 Å². The van der Waals surface area contributed by atoms with Crippen LogP contribution in [0.15, 0.2) is 104 Å². The van der Waals surface area contributed by atoms with Crippen LogP contribution in [0.3, 0.4) is 0 Å². The predicted octanol–water partition coefficient (Wildman–Crippen LogP) is 8.33. The molecule has 0 N–H and O–H groups in total. The van der Waals surface area contributed by atoms with Crippen LogP contribution >= 0.6 is 0 Å². The van der Waals surface area contributed by atoms with Crippen molar-refractivity contribution in [1.82, 2.24) is 19.5 Å². The van der Waals surface area contributed by atoms with Gasteiger partial charge in [-0.05, 0) is 48.6 Å². The second-order valence-corrected chi connectivity index (χ2v) is 12.1. The van der Waals surface area contributed by atoms with Crippen molar-refractivity contribution in [3.8, 4) is 28.8 Å². The molecular formula is C39H40N4O4. The highest BCUT2D eigenvalue weighted by Crippen LogP contribution is 2.33. The fourth-order valence-electron chi connectivity index (χ4n) is 6.05. The second-order valence-electron chi connectivity index (χ2n) is 12.1. The van der Waals surface area contributed by atoms with Crippen LogP contribution in [0.4, 0.5) is 0 Å². The number of nitrogens with zero attached hydrogens (tertiary/aromatic N) is 4. The predicted molar refractivity (Wildman–Crippen MR) is 184 cm³/mol. The molecule has 240 valence electrons. The van der Waals surface area contributed by atoms with Crippen molar-refractivity contribution < 1.29 is 18.9 Å². The average molecular weight is 629 g/mol. The highest BCUT2D eigenvalue weighted by Gasteiger charge is 2.33. The van der Waals surface area contributed by atoms with E-state index in [1.807, 2.05) is 61.1 Å². The molecule has 1 aliphatic carbocycles. The van der Waals surface area contributed by atoms with Gasteiger partial charge in [0.15, 0.2) is 0 Å². The van der Waals surface area contributed by atoms with E-state index >= 15 is 0 Å². The minimum Gasteiger partial charge on any atom is -0.478 e. The third-order valence-electron chi connectivity index (χ3n) is 8.75. The zero-order valence-electron chi connectivity index (χ0n) is 26.8. The SMILES string of the molecule is Cn1c2ccncc2c2ccc(-c3ccc(O[C@H]4C[C@H](Oc5cccc(OCCCCCCOCc6ccccc6)n5)C4)nc3)cc21. The first-order chi connectivity index (χ1) is 23.2. The van der Waals surface area contributed by atoms with E-state index in [1.54, 1.807) is 0 Å². The molecule has 1 saturated carbocycles. The van der Waals surface area contributed by atoms with E-state index in [2.05, 4.69) is 69.0 Å². The summed E-state index contributed by atoms with van der Waals surface area (Å²) in [5, 5.41) is 2.36. The Bertz CT molecular complexity index is 1900. The first-order valence-electron chi connectivity index (χ1n) is 16.5. The lowest BCUT2D eigenvalue weighted by molar-refractivity contribution is -0.000240. The lowest BCUT2D eigenvalue weighted by atomic mass is 9.92. The Kier molecular flexibility index (Phi) is 9.56. The van der Waals surface area contributed by atoms with Gasteiger partial charge < -0.3 is 23.5 Å². The summed E-state index contributed by atoms with van der Waals surface area (Å²) in [5.74, 6) is 1.81. The molecule has 0 amide bonds. The fraction of sp³-hybridized carbons (Fsp3) is 0.308. The number of rotatable bonds is 15. The first-order valence-corrected chi connectivity index (χ1v) is 16.5. The number of benzene rings is 2. The molecular weight excluding hydrogens is 588 g/mol. The molecule has 0 spiro atoms. The lowest BCUT2D eigenvalue weighted by Gasteiger charge is -2.34. The van der Waals surface area contributed by atoms with Crippen molar-refractivity contribution in [3.63, 3.8) is 0 Å². The zero-order valence-corrected chi connectivity index (χ0v) is 26.8. The van der Waals surface area contributed by atoms with Gasteiger partial charge in [-0.1, -0.05) is 55.0 Å². The summed E-state index contributed by atoms with van der Waals surface area (Å²) in [6.07, 6.45) is 11.6. The van der Waals surface area contributed by atoms with Gasteiger partial charge in [0.05, 0.1) is 18.7 Å². The Morgan fingerprint density at radius 1 is 0.681 bits per heavy atom. The maximum Gasteiger partial charge on any atom is 0.216 e. The van der Waals surface area contributed by atoms with Gasteiger partial charge in [0.2, 0.25) is 17.6 Å². The quantitative estimate of drug-likeness (QED) is 0.106. The molecule has 1 aliphatic rings. The Hall–Kier alpha value is -4.95. The van der Waals surface area contributed by atoms with Gasteiger partial charge in [-0.3, -0.25) is 4.98 Å². The summed E-state index contributed by atoms with van der Waals surface area (Å²) in [6, 6.07) is 28.6. The molecule has 47 heavy (non-hydrogen) atoms. The molecule has 0 unspecified atom stereocenters. The van der Waals surface area contributed by atoms with Crippen molar-refractivity contribution in [2.45, 2.75) is 57.3 Å². The van der Waals surface area contributed by atoms with E-state index in [0.29, 0.717) is 30.9 Å². The van der Waals surface area contributed by atoms with Crippen molar-refractivity contribution >= 4 is 21.8 Å². The van der Waals surface area contributed by atoms with Crippen LogP contribution in [-0.4, -0.2) is 44.9 Å². The van der Waals surface area contributed by atoms with Crippen LogP contribution < -0.4 is 14.2 Å². The topological polar surface area (TPSA) is 80.5 Å². The molecule has 8 nitrogen and oxygen atoms in total. The largest absolute Gasteiger partial charge is 0.478 e. The molecule has 0 atom stereocenters. The summed E-state index contributed by atoms with van der Waals surface area (Å²) in [5.41, 5.74) is 5.73. The molecule has 8 heteroatoms. The fourth-order valence-corrected chi connectivity index (χ4v) is 6.05. The standard InChI is InChI=1S/C39H40N4O4/c1-43-35-18-19-40-26-34(35)33-16-14-29(22-36(33)43)30-15-17-37(41-25-30)46-31-23-32(24-31)47-39-13-9-12-38(42-39)45-21-8-3-2-7-20-44-27-28-10-5-4-6-11-28/h4-6,9-19,22,25-26,31-32H,2-3,7-8,20-21,23-24,27H2,1H3/t31-,32-. The van der Waals surface area contributed by atoms with Crippen molar-refractivity contribution in [1.29, 1.82) is 0 Å². The summed E-state index contributed by atoms with van der Waals surface area (Å²) in [4.78, 5) is 13.4. The van der Waals surface area contributed by atoms with Crippen molar-refractivity contribution in [2.24, 2.45) is 7.05 Å². The van der Waals surface area contributed by atoms with Gasteiger partial charge in [0.1, 0.15) is 12.2 Å². The Balaban J connectivity index is 0.808. The van der Waals surface area contributed by atoms with E-state index in [9.17, 15) is 0 Å². The number of unbranched alkanes of at least 4 members (excludes halogenated alkanes) is 3. The van der Waals surface area contributed by atoms with E-state index in [0.717, 1.165) is 61.6 Å². The van der Waals surface area contributed by atoms with Gasteiger partial charge in [-0.15, -0.1) is 0 Å². The zero-order chi connectivity index (χ0) is 31.8. The Morgan fingerprint density at radius 2 is 1.47 bits per heavy atom. The second kappa shape index (κ2) is 14.6. The maximum atomic E-state index is 6.13. The van der Waals surface area contributed by atoms with Gasteiger partial charge in [-0.25, -0.2) is 4.98 Å². The van der Waals surface area contributed by atoms with Gasteiger partial charge in [0, 0.05) is 85.1 Å². The van der Waals surface area contributed by atoms with Crippen LogP contribution in [0.2, 0.25) is 0 Å². The first kappa shape index (κ1) is 30.7. The van der Waals surface area contributed by atoms with Gasteiger partial charge >= 0.3 is 0 Å². The van der Waals surface area contributed by atoms with E-state index in [-0.39, 0.29) is 12.2 Å². The van der Waals surface area contributed by atoms with Gasteiger partial charge in [-0.2, -0.15) is 4.98 Å². The Morgan fingerprint density at radius 3 is 2.30 bits per heavy atom. The summed E-state index contributed by atoms with van der Waals surface area (Å²) in [6.45, 7) is 2.11. The summed E-state index contributed by atoms with van der Waals surface area (Å²) < 4.78 is 26.1. The highest BCUT2D eigenvalue weighted by molar-refractivity contribution is 6.08. The van der Waals surface area contributed by atoms with Crippen molar-refractivity contribution in [2.75, 3.05) is 13.2 Å². The number of aryl methyl sites for hydroxylation is 1. The molecule has 4 heterocycles. The summed E-state index contributed by atoms with van der Waals surface area (Å²) >= 11 is 0. The van der Waals surface area contributed by atoms with Crippen LogP contribution in [-0.2, 0) is 18.4 Å². The van der Waals surface area contributed by atoms with Gasteiger partial charge in [0.25, 0.3) is 0 Å². The molecule has 0 radical (unpaired) electrons. The van der Waals surface area contributed by atoms with Crippen LogP contribution in [0.5, 0.6) is 17.6 Å². The summed E-state index contributed by atoms with van der Waals surface area (Å²) in [7, 11) is 2.09.